The molecule has 2 unspecified atom stereocenters. The van der Waals surface area contributed by atoms with Gasteiger partial charge in [0, 0.05) is 24.3 Å². The lowest BCUT2D eigenvalue weighted by Crippen LogP contribution is -2.35. The Balaban J connectivity index is 2.11. The van der Waals surface area contributed by atoms with Gasteiger partial charge in [0.2, 0.25) is 0 Å². The zero-order valence-electron chi connectivity index (χ0n) is 11.2. The Labute approximate surface area is 112 Å². The molecule has 0 saturated heterocycles. The van der Waals surface area contributed by atoms with E-state index in [1.54, 1.807) is 0 Å². The molecule has 19 heavy (non-hydrogen) atoms. The first-order valence-electron chi connectivity index (χ1n) is 6.97. The third kappa shape index (κ3) is 3.74. The molecule has 0 spiro atoms. The molecule has 1 fully saturated rings. The maximum Gasteiger partial charge on any atom is 0.128 e. The van der Waals surface area contributed by atoms with E-state index in [2.05, 4.69) is 5.32 Å². The maximum atomic E-state index is 13.8. The zero-order chi connectivity index (χ0) is 13.8. The molecular weight excluding hydrogens is 248 g/mol. The van der Waals surface area contributed by atoms with Crippen molar-refractivity contribution in [3.05, 3.63) is 35.4 Å². The Morgan fingerprint density at radius 3 is 2.68 bits per heavy atom. The molecule has 0 aliphatic heterocycles. The largest absolute Gasteiger partial charge is 0.396 e. The van der Waals surface area contributed by atoms with Crippen LogP contribution in [-0.2, 0) is 0 Å². The minimum atomic E-state index is -0.415. The van der Waals surface area contributed by atoms with E-state index in [0.29, 0.717) is 24.3 Å². The number of hydrogen-bond acceptors (Lipinski definition) is 2. The number of aliphatic hydroxyl groups excluding tert-OH is 1. The van der Waals surface area contributed by atoms with Gasteiger partial charge in [-0.2, -0.15) is 0 Å². The van der Waals surface area contributed by atoms with Crippen LogP contribution in [0.15, 0.2) is 18.2 Å². The third-order valence-corrected chi connectivity index (χ3v) is 3.79. The van der Waals surface area contributed by atoms with Crippen molar-refractivity contribution in [2.75, 3.05) is 6.61 Å². The molecule has 106 valence electrons. The van der Waals surface area contributed by atoms with Gasteiger partial charge in [-0.1, -0.05) is 6.92 Å². The Morgan fingerprint density at radius 2 is 2.11 bits per heavy atom. The molecule has 2 N–H and O–H groups in total. The lowest BCUT2D eigenvalue weighted by atomic mass is 10.00. The van der Waals surface area contributed by atoms with E-state index < -0.39 is 5.82 Å². The molecule has 2 rings (SSSR count). The highest BCUT2D eigenvalue weighted by atomic mass is 19.1. The van der Waals surface area contributed by atoms with E-state index in [4.69, 9.17) is 5.11 Å². The summed E-state index contributed by atoms with van der Waals surface area (Å²) in [5.74, 6) is -0.223. The summed E-state index contributed by atoms with van der Waals surface area (Å²) in [6.45, 7) is 2.07. The maximum absolute atomic E-state index is 13.8. The van der Waals surface area contributed by atoms with Gasteiger partial charge in [-0.3, -0.25) is 0 Å². The van der Waals surface area contributed by atoms with Crippen molar-refractivity contribution in [1.29, 1.82) is 0 Å². The monoisotopic (exact) mass is 269 g/mol. The van der Waals surface area contributed by atoms with Crippen LogP contribution in [0.2, 0.25) is 0 Å². The van der Waals surface area contributed by atoms with E-state index in [-0.39, 0.29) is 24.5 Å². The van der Waals surface area contributed by atoms with Crippen molar-refractivity contribution in [3.8, 4) is 0 Å². The van der Waals surface area contributed by atoms with Gasteiger partial charge in [-0.05, 0) is 49.8 Å². The number of hydrogen-bond donors (Lipinski definition) is 2. The molecule has 0 amide bonds. The number of nitrogens with one attached hydrogen (secondary N) is 1. The van der Waals surface area contributed by atoms with Gasteiger partial charge in [0.1, 0.15) is 11.6 Å². The second-order valence-corrected chi connectivity index (χ2v) is 5.25. The zero-order valence-corrected chi connectivity index (χ0v) is 11.2. The summed E-state index contributed by atoms with van der Waals surface area (Å²) in [6, 6.07) is 3.56. The fourth-order valence-corrected chi connectivity index (χ4v) is 2.56. The van der Waals surface area contributed by atoms with E-state index >= 15 is 0 Å². The third-order valence-electron chi connectivity index (χ3n) is 3.79. The van der Waals surface area contributed by atoms with Crippen molar-refractivity contribution in [2.45, 2.75) is 44.7 Å². The molecule has 1 aromatic rings. The lowest BCUT2D eigenvalue weighted by Gasteiger charge is -2.25. The van der Waals surface area contributed by atoms with Crippen LogP contribution in [0.4, 0.5) is 8.78 Å². The fourth-order valence-electron chi connectivity index (χ4n) is 2.56. The molecule has 0 heterocycles. The topological polar surface area (TPSA) is 32.3 Å². The van der Waals surface area contributed by atoms with E-state index in [0.717, 1.165) is 18.9 Å². The second-order valence-electron chi connectivity index (χ2n) is 5.25. The van der Waals surface area contributed by atoms with Crippen LogP contribution in [0.5, 0.6) is 0 Å². The molecule has 1 saturated carbocycles. The Kier molecular flexibility index (Phi) is 4.88. The van der Waals surface area contributed by atoms with Crippen LogP contribution >= 0.6 is 0 Å². The molecule has 1 aromatic carbocycles. The Hall–Kier alpha value is -1.00. The summed E-state index contributed by atoms with van der Waals surface area (Å²) >= 11 is 0. The average molecular weight is 269 g/mol. The van der Waals surface area contributed by atoms with Gasteiger partial charge in [-0.15, -0.1) is 0 Å². The van der Waals surface area contributed by atoms with Crippen molar-refractivity contribution in [2.24, 2.45) is 5.92 Å². The minimum absolute atomic E-state index is 0.121. The minimum Gasteiger partial charge on any atom is -0.396 e. The van der Waals surface area contributed by atoms with E-state index in [9.17, 15) is 8.78 Å². The van der Waals surface area contributed by atoms with Crippen molar-refractivity contribution < 1.29 is 13.9 Å². The number of benzene rings is 1. The highest BCUT2D eigenvalue weighted by Crippen LogP contribution is 2.35. The summed E-state index contributed by atoms with van der Waals surface area (Å²) in [6.07, 6.45) is 3.66. The van der Waals surface area contributed by atoms with Gasteiger partial charge < -0.3 is 10.4 Å². The van der Waals surface area contributed by atoms with Crippen LogP contribution in [-0.4, -0.2) is 17.8 Å². The number of rotatable bonds is 7. The van der Waals surface area contributed by atoms with Gasteiger partial charge in [0.05, 0.1) is 0 Å². The highest BCUT2D eigenvalue weighted by molar-refractivity contribution is 5.22. The van der Waals surface area contributed by atoms with Gasteiger partial charge in [0.15, 0.2) is 0 Å². The molecule has 1 aliphatic carbocycles. The summed E-state index contributed by atoms with van der Waals surface area (Å²) < 4.78 is 27.1. The van der Waals surface area contributed by atoms with Gasteiger partial charge >= 0.3 is 0 Å². The van der Waals surface area contributed by atoms with Gasteiger partial charge in [0.25, 0.3) is 0 Å². The molecule has 2 atom stereocenters. The molecule has 0 bridgehead atoms. The van der Waals surface area contributed by atoms with Crippen molar-refractivity contribution in [1.82, 2.24) is 5.32 Å². The van der Waals surface area contributed by atoms with Crippen molar-refractivity contribution >= 4 is 0 Å². The van der Waals surface area contributed by atoms with Crippen LogP contribution in [0, 0.1) is 17.6 Å². The van der Waals surface area contributed by atoms with E-state index in [1.807, 2.05) is 6.92 Å². The predicted octanol–water partition coefficient (Wildman–Crippen LogP) is 3.17. The van der Waals surface area contributed by atoms with E-state index in [1.165, 1.54) is 12.1 Å². The Bertz CT molecular complexity index is 421. The summed E-state index contributed by atoms with van der Waals surface area (Å²) in [5, 5.41) is 12.5. The summed E-state index contributed by atoms with van der Waals surface area (Å²) in [5.41, 5.74) is 0.381. The molecule has 4 heteroatoms. The lowest BCUT2D eigenvalue weighted by molar-refractivity contribution is 0.246. The molecule has 0 radical (unpaired) electrons. The van der Waals surface area contributed by atoms with Crippen LogP contribution in [0.25, 0.3) is 0 Å². The summed E-state index contributed by atoms with van der Waals surface area (Å²) in [7, 11) is 0. The number of halogens is 2. The molecule has 0 aromatic heterocycles. The highest BCUT2D eigenvalue weighted by Gasteiger charge is 2.32. The van der Waals surface area contributed by atoms with Crippen LogP contribution in [0.3, 0.4) is 0 Å². The predicted molar refractivity (Wildman–Crippen MR) is 70.7 cm³/mol. The number of aliphatic hydroxyl groups is 1. The normalized spacial score (nSPS) is 18.3. The molecule has 2 nitrogen and oxygen atoms in total. The first-order valence-corrected chi connectivity index (χ1v) is 6.97. The smallest absolute Gasteiger partial charge is 0.128 e. The van der Waals surface area contributed by atoms with Crippen LogP contribution < -0.4 is 5.32 Å². The standard InChI is InChI=1S/C15H21F2NO/c1-2-14(12-9-11(16)5-6-13(12)17)18-15(7-8-19)10-3-4-10/h5-6,9-10,14-15,18-19H,2-4,7-8H2,1H3. The fraction of sp³-hybridized carbons (Fsp3) is 0.600. The summed E-state index contributed by atoms with van der Waals surface area (Å²) in [4.78, 5) is 0. The Morgan fingerprint density at radius 1 is 1.37 bits per heavy atom. The van der Waals surface area contributed by atoms with Crippen LogP contribution in [0.1, 0.15) is 44.2 Å². The molecular formula is C15H21F2NO. The second kappa shape index (κ2) is 6.44. The average Bonchev–Trinajstić information content (AvgIpc) is 3.22. The SMILES string of the molecule is CCC(NC(CCO)C1CC1)c1cc(F)ccc1F. The first kappa shape index (κ1) is 14.4. The van der Waals surface area contributed by atoms with Crippen molar-refractivity contribution in [3.63, 3.8) is 0 Å². The molecule has 1 aliphatic rings. The van der Waals surface area contributed by atoms with Gasteiger partial charge in [-0.25, -0.2) is 8.78 Å². The first-order chi connectivity index (χ1) is 9.15. The quantitative estimate of drug-likeness (QED) is 0.797.